The summed E-state index contributed by atoms with van der Waals surface area (Å²) in [5.41, 5.74) is 0.0576. The van der Waals surface area contributed by atoms with Crippen molar-refractivity contribution in [1.29, 1.82) is 0 Å². The van der Waals surface area contributed by atoms with Gasteiger partial charge in [-0.05, 0) is 31.5 Å². The second-order valence-electron chi connectivity index (χ2n) is 3.53. The number of halogens is 1. The van der Waals surface area contributed by atoms with Gasteiger partial charge in [0, 0.05) is 11.9 Å². The Balaban J connectivity index is 2.62. The highest BCUT2D eigenvalue weighted by atomic mass is 35.5. The molecule has 0 bridgehead atoms. The van der Waals surface area contributed by atoms with Crippen molar-refractivity contribution in [3.63, 3.8) is 0 Å². The Morgan fingerprint density at radius 3 is 2.81 bits per heavy atom. The van der Waals surface area contributed by atoms with E-state index in [0.29, 0.717) is 13.0 Å². The van der Waals surface area contributed by atoms with Gasteiger partial charge < -0.3 is 15.5 Å². The molecule has 0 radical (unpaired) electrons. The minimum Gasteiger partial charge on any atom is -0.508 e. The van der Waals surface area contributed by atoms with Crippen molar-refractivity contribution in [3.05, 3.63) is 23.8 Å². The Morgan fingerprint density at radius 2 is 2.19 bits per heavy atom. The number of rotatable bonds is 4. The number of phenolic OH excluding ortho intramolecular Hbond substituents is 2. The highest BCUT2D eigenvalue weighted by Crippen LogP contribution is 2.21. The first-order chi connectivity index (χ1) is 7.50. The molecule has 0 heterocycles. The number of amides is 1. The number of nitrogens with one attached hydrogen (secondary N) is 1. The minimum absolute atomic E-state index is 0.0157. The van der Waals surface area contributed by atoms with E-state index in [1.807, 2.05) is 6.92 Å². The predicted octanol–water partition coefficient (Wildman–Crippen LogP) is 1.85. The van der Waals surface area contributed by atoms with E-state index in [1.165, 1.54) is 18.2 Å². The Labute approximate surface area is 98.9 Å². The van der Waals surface area contributed by atoms with E-state index >= 15 is 0 Å². The van der Waals surface area contributed by atoms with Crippen molar-refractivity contribution < 1.29 is 15.0 Å². The molecule has 4 nitrogen and oxygen atoms in total. The Morgan fingerprint density at radius 1 is 1.50 bits per heavy atom. The number of phenols is 2. The molecule has 1 aromatic carbocycles. The molecular formula is C11H14ClNO3. The molecule has 0 aliphatic rings. The summed E-state index contributed by atoms with van der Waals surface area (Å²) >= 11 is 5.72. The van der Waals surface area contributed by atoms with Gasteiger partial charge in [0.2, 0.25) is 0 Å². The third-order valence-electron chi connectivity index (χ3n) is 2.05. The van der Waals surface area contributed by atoms with Crippen LogP contribution in [0.2, 0.25) is 0 Å². The van der Waals surface area contributed by atoms with Gasteiger partial charge in [0.25, 0.3) is 5.91 Å². The summed E-state index contributed by atoms with van der Waals surface area (Å²) in [6.07, 6.45) is 0.646. The lowest BCUT2D eigenvalue weighted by atomic mass is 10.1. The molecule has 0 fully saturated rings. The summed E-state index contributed by atoms with van der Waals surface area (Å²) in [6, 6.07) is 3.80. The summed E-state index contributed by atoms with van der Waals surface area (Å²) in [5, 5.41) is 21.2. The van der Waals surface area contributed by atoms with Crippen LogP contribution in [0.3, 0.4) is 0 Å². The summed E-state index contributed by atoms with van der Waals surface area (Å²) < 4.78 is 0. The van der Waals surface area contributed by atoms with Crippen molar-refractivity contribution in [1.82, 2.24) is 5.32 Å². The highest BCUT2D eigenvalue weighted by Gasteiger charge is 2.11. The minimum atomic E-state index is -0.425. The number of aromatic hydroxyl groups is 2. The monoisotopic (exact) mass is 243 g/mol. The summed E-state index contributed by atoms with van der Waals surface area (Å²) in [7, 11) is 0. The van der Waals surface area contributed by atoms with Crippen LogP contribution < -0.4 is 5.32 Å². The fourth-order valence-corrected chi connectivity index (χ4v) is 1.29. The van der Waals surface area contributed by atoms with Gasteiger partial charge in [0.05, 0.1) is 5.56 Å². The molecule has 1 unspecified atom stereocenters. The number of carbonyl (C=O) groups excluding carboxylic acids is 1. The molecule has 0 spiro atoms. The van der Waals surface area contributed by atoms with Crippen molar-refractivity contribution in [3.8, 4) is 11.5 Å². The zero-order chi connectivity index (χ0) is 12.1. The van der Waals surface area contributed by atoms with Crippen LogP contribution in [0.4, 0.5) is 0 Å². The molecule has 1 aromatic rings. The third-order valence-corrected chi connectivity index (χ3v) is 2.27. The maximum Gasteiger partial charge on any atom is 0.255 e. The maximum atomic E-state index is 11.6. The van der Waals surface area contributed by atoms with Gasteiger partial charge in [-0.3, -0.25) is 4.79 Å². The van der Waals surface area contributed by atoms with Crippen molar-refractivity contribution in [2.45, 2.75) is 18.7 Å². The largest absolute Gasteiger partial charge is 0.508 e. The molecule has 0 saturated carbocycles. The van der Waals surface area contributed by atoms with E-state index < -0.39 is 5.91 Å². The lowest BCUT2D eigenvalue weighted by molar-refractivity contribution is 0.0950. The summed E-state index contributed by atoms with van der Waals surface area (Å²) in [6.45, 7) is 2.26. The van der Waals surface area contributed by atoms with Gasteiger partial charge >= 0.3 is 0 Å². The standard InChI is InChI=1S/C11H14ClNO3/c1-7(12)4-5-13-11(16)9-6-8(14)2-3-10(9)15/h2-3,6-7,14-15H,4-5H2,1H3,(H,13,16). The van der Waals surface area contributed by atoms with Crippen molar-refractivity contribution in [2.24, 2.45) is 0 Å². The van der Waals surface area contributed by atoms with Gasteiger partial charge in [-0.25, -0.2) is 0 Å². The number of hydrogen-bond donors (Lipinski definition) is 3. The molecular weight excluding hydrogens is 230 g/mol. The van der Waals surface area contributed by atoms with Crippen molar-refractivity contribution in [2.75, 3.05) is 6.54 Å². The first kappa shape index (κ1) is 12.6. The van der Waals surface area contributed by atoms with E-state index in [2.05, 4.69) is 5.32 Å². The summed E-state index contributed by atoms with van der Waals surface area (Å²) in [5.74, 6) is -0.645. The van der Waals surface area contributed by atoms with E-state index in [4.69, 9.17) is 11.6 Å². The van der Waals surface area contributed by atoms with Gasteiger partial charge in [0.1, 0.15) is 11.5 Å². The molecule has 1 rings (SSSR count). The second-order valence-corrected chi connectivity index (χ2v) is 4.27. The zero-order valence-electron chi connectivity index (χ0n) is 8.90. The quantitative estimate of drug-likeness (QED) is 0.558. The molecule has 5 heteroatoms. The van der Waals surface area contributed by atoms with Crippen LogP contribution in [0.5, 0.6) is 11.5 Å². The number of benzene rings is 1. The molecule has 0 aliphatic carbocycles. The number of hydrogen-bond acceptors (Lipinski definition) is 3. The predicted molar refractivity (Wildman–Crippen MR) is 62.0 cm³/mol. The molecule has 88 valence electrons. The third kappa shape index (κ3) is 3.62. The average molecular weight is 244 g/mol. The van der Waals surface area contributed by atoms with Crippen LogP contribution in [0.15, 0.2) is 18.2 Å². The van der Waals surface area contributed by atoms with E-state index in [9.17, 15) is 15.0 Å². The summed E-state index contributed by atoms with van der Waals surface area (Å²) in [4.78, 5) is 11.6. The highest BCUT2D eigenvalue weighted by molar-refractivity contribution is 6.20. The van der Waals surface area contributed by atoms with Gasteiger partial charge in [0.15, 0.2) is 0 Å². The first-order valence-corrected chi connectivity index (χ1v) is 5.38. The molecule has 0 saturated heterocycles. The zero-order valence-corrected chi connectivity index (χ0v) is 9.66. The van der Waals surface area contributed by atoms with Crippen LogP contribution in [-0.4, -0.2) is 28.0 Å². The lowest BCUT2D eigenvalue weighted by Gasteiger charge is -2.07. The van der Waals surface area contributed by atoms with Crippen LogP contribution in [-0.2, 0) is 0 Å². The molecule has 1 amide bonds. The van der Waals surface area contributed by atoms with Crippen LogP contribution in [0.25, 0.3) is 0 Å². The normalized spacial score (nSPS) is 12.1. The number of alkyl halides is 1. The van der Waals surface area contributed by atoms with E-state index in [-0.39, 0.29) is 22.4 Å². The lowest BCUT2D eigenvalue weighted by Crippen LogP contribution is -2.25. The Kier molecular flexibility index (Phi) is 4.43. The molecule has 16 heavy (non-hydrogen) atoms. The maximum absolute atomic E-state index is 11.6. The Bertz CT molecular complexity index is 379. The van der Waals surface area contributed by atoms with E-state index in [1.54, 1.807) is 0 Å². The smallest absolute Gasteiger partial charge is 0.255 e. The molecule has 0 aliphatic heterocycles. The van der Waals surface area contributed by atoms with E-state index in [0.717, 1.165) is 0 Å². The number of carbonyl (C=O) groups is 1. The van der Waals surface area contributed by atoms with Gasteiger partial charge in [-0.15, -0.1) is 11.6 Å². The Hall–Kier alpha value is -1.42. The van der Waals surface area contributed by atoms with Crippen LogP contribution in [0, 0.1) is 0 Å². The topological polar surface area (TPSA) is 69.6 Å². The molecule has 0 aromatic heterocycles. The fourth-order valence-electron chi connectivity index (χ4n) is 1.19. The SMILES string of the molecule is CC(Cl)CCNC(=O)c1cc(O)ccc1O. The van der Waals surface area contributed by atoms with Crippen LogP contribution in [0.1, 0.15) is 23.7 Å². The molecule has 3 N–H and O–H groups in total. The average Bonchev–Trinajstić information content (AvgIpc) is 2.21. The molecule has 1 atom stereocenters. The fraction of sp³-hybridized carbons (Fsp3) is 0.364. The van der Waals surface area contributed by atoms with Crippen LogP contribution >= 0.6 is 11.6 Å². The van der Waals surface area contributed by atoms with Crippen molar-refractivity contribution >= 4 is 17.5 Å². The van der Waals surface area contributed by atoms with Gasteiger partial charge in [-0.2, -0.15) is 0 Å². The first-order valence-electron chi connectivity index (χ1n) is 4.95. The van der Waals surface area contributed by atoms with Gasteiger partial charge in [-0.1, -0.05) is 0 Å². The second kappa shape index (κ2) is 5.61.